The second kappa shape index (κ2) is 7.60. The maximum atomic E-state index is 10.7. The van der Waals surface area contributed by atoms with Gasteiger partial charge in [0.25, 0.3) is 5.69 Å². The monoisotopic (exact) mass is 316 g/mol. The summed E-state index contributed by atoms with van der Waals surface area (Å²) < 4.78 is 10.6. The summed E-state index contributed by atoms with van der Waals surface area (Å²) in [6.07, 6.45) is 0. The van der Waals surface area contributed by atoms with E-state index in [0.717, 1.165) is 22.6 Å². The first-order chi connectivity index (χ1) is 11.0. The van der Waals surface area contributed by atoms with Crippen LogP contribution < -0.4 is 9.47 Å². The predicted molar refractivity (Wildman–Crippen MR) is 87.8 cm³/mol. The van der Waals surface area contributed by atoms with Gasteiger partial charge in [0.15, 0.2) is 0 Å². The van der Waals surface area contributed by atoms with Crippen molar-refractivity contribution >= 4 is 5.69 Å². The Labute approximate surface area is 135 Å². The highest BCUT2D eigenvalue weighted by molar-refractivity contribution is 5.40. The molecule has 0 heterocycles. The van der Waals surface area contributed by atoms with Crippen molar-refractivity contribution in [2.45, 2.75) is 13.1 Å². The SMILES string of the molecule is COc1ccc(CN(C)Cc2ccc([N+](=O)[O-])cc2)c(OC)c1. The van der Waals surface area contributed by atoms with Crippen molar-refractivity contribution in [1.29, 1.82) is 0 Å². The minimum absolute atomic E-state index is 0.105. The van der Waals surface area contributed by atoms with Crippen LogP contribution in [0.3, 0.4) is 0 Å². The summed E-state index contributed by atoms with van der Waals surface area (Å²) in [6.45, 7) is 1.39. The molecule has 122 valence electrons. The first kappa shape index (κ1) is 16.8. The van der Waals surface area contributed by atoms with Crippen LogP contribution in [0.1, 0.15) is 11.1 Å². The Morgan fingerprint density at radius 2 is 1.74 bits per heavy atom. The van der Waals surface area contributed by atoms with Crippen molar-refractivity contribution in [2.75, 3.05) is 21.3 Å². The molecule has 0 atom stereocenters. The van der Waals surface area contributed by atoms with Crippen molar-refractivity contribution in [2.24, 2.45) is 0 Å². The van der Waals surface area contributed by atoms with Gasteiger partial charge < -0.3 is 9.47 Å². The molecule has 0 aromatic heterocycles. The van der Waals surface area contributed by atoms with Gasteiger partial charge in [0.05, 0.1) is 19.1 Å². The Balaban J connectivity index is 2.04. The van der Waals surface area contributed by atoms with Gasteiger partial charge in [0.1, 0.15) is 11.5 Å². The molecule has 0 aliphatic heterocycles. The average molecular weight is 316 g/mol. The molecule has 0 radical (unpaired) electrons. The summed E-state index contributed by atoms with van der Waals surface area (Å²) in [6, 6.07) is 12.3. The molecule has 2 rings (SSSR count). The van der Waals surface area contributed by atoms with E-state index in [-0.39, 0.29) is 5.69 Å². The van der Waals surface area contributed by atoms with Crippen LogP contribution in [0.2, 0.25) is 0 Å². The number of ether oxygens (including phenoxy) is 2. The second-order valence-corrected chi connectivity index (χ2v) is 5.27. The number of non-ortho nitro benzene ring substituents is 1. The number of methoxy groups -OCH3 is 2. The average Bonchev–Trinajstić information content (AvgIpc) is 2.55. The number of hydrogen-bond donors (Lipinski definition) is 0. The fourth-order valence-electron chi connectivity index (χ4n) is 2.36. The number of nitro groups is 1. The Morgan fingerprint density at radius 3 is 2.30 bits per heavy atom. The Morgan fingerprint density at radius 1 is 1.04 bits per heavy atom. The van der Waals surface area contributed by atoms with E-state index in [9.17, 15) is 10.1 Å². The van der Waals surface area contributed by atoms with Gasteiger partial charge in [0, 0.05) is 36.9 Å². The molecule has 0 saturated heterocycles. The highest BCUT2D eigenvalue weighted by Gasteiger charge is 2.10. The molecule has 0 spiro atoms. The van der Waals surface area contributed by atoms with Crippen LogP contribution in [0, 0.1) is 10.1 Å². The second-order valence-electron chi connectivity index (χ2n) is 5.27. The maximum Gasteiger partial charge on any atom is 0.269 e. The summed E-state index contributed by atoms with van der Waals surface area (Å²) in [4.78, 5) is 12.4. The van der Waals surface area contributed by atoms with Crippen LogP contribution >= 0.6 is 0 Å². The van der Waals surface area contributed by atoms with E-state index in [1.807, 2.05) is 25.2 Å². The van der Waals surface area contributed by atoms with E-state index < -0.39 is 4.92 Å². The van der Waals surface area contributed by atoms with Gasteiger partial charge in [-0.25, -0.2) is 0 Å². The molecular weight excluding hydrogens is 296 g/mol. The van der Waals surface area contributed by atoms with Gasteiger partial charge in [-0.05, 0) is 18.7 Å². The zero-order valence-corrected chi connectivity index (χ0v) is 13.5. The molecule has 0 N–H and O–H groups in total. The summed E-state index contributed by atoms with van der Waals surface area (Å²) in [7, 11) is 5.24. The molecule has 2 aromatic rings. The summed E-state index contributed by atoms with van der Waals surface area (Å²) in [5.74, 6) is 1.53. The van der Waals surface area contributed by atoms with Gasteiger partial charge in [-0.3, -0.25) is 15.0 Å². The molecule has 23 heavy (non-hydrogen) atoms. The minimum Gasteiger partial charge on any atom is -0.497 e. The first-order valence-electron chi connectivity index (χ1n) is 7.16. The van der Waals surface area contributed by atoms with Crippen LogP contribution in [-0.2, 0) is 13.1 Å². The molecular formula is C17H20N2O4. The van der Waals surface area contributed by atoms with Crippen LogP contribution in [0.5, 0.6) is 11.5 Å². The fraction of sp³-hybridized carbons (Fsp3) is 0.294. The van der Waals surface area contributed by atoms with E-state index in [0.29, 0.717) is 13.1 Å². The Kier molecular flexibility index (Phi) is 5.54. The maximum absolute atomic E-state index is 10.7. The third-order valence-corrected chi connectivity index (χ3v) is 3.53. The van der Waals surface area contributed by atoms with Gasteiger partial charge in [-0.1, -0.05) is 18.2 Å². The van der Waals surface area contributed by atoms with Gasteiger partial charge in [-0.2, -0.15) is 0 Å². The number of nitrogens with zero attached hydrogens (tertiary/aromatic N) is 2. The third-order valence-electron chi connectivity index (χ3n) is 3.53. The molecule has 6 heteroatoms. The van der Waals surface area contributed by atoms with Gasteiger partial charge in [0.2, 0.25) is 0 Å². The molecule has 0 aliphatic carbocycles. The summed E-state index contributed by atoms with van der Waals surface area (Å²) in [5, 5.41) is 10.7. The van der Waals surface area contributed by atoms with Crippen LogP contribution in [0.4, 0.5) is 5.69 Å². The number of benzene rings is 2. The molecule has 6 nitrogen and oxygen atoms in total. The molecule has 0 saturated carbocycles. The lowest BCUT2D eigenvalue weighted by Gasteiger charge is -2.19. The zero-order chi connectivity index (χ0) is 16.8. The van der Waals surface area contributed by atoms with Crippen molar-refractivity contribution < 1.29 is 14.4 Å². The van der Waals surface area contributed by atoms with Gasteiger partial charge >= 0.3 is 0 Å². The molecule has 0 fully saturated rings. The molecule has 0 bridgehead atoms. The zero-order valence-electron chi connectivity index (χ0n) is 13.5. The number of nitro benzene ring substituents is 1. The topological polar surface area (TPSA) is 64.8 Å². The van der Waals surface area contributed by atoms with E-state index in [2.05, 4.69) is 4.90 Å². The van der Waals surface area contributed by atoms with Crippen molar-refractivity contribution in [1.82, 2.24) is 4.90 Å². The van der Waals surface area contributed by atoms with Crippen molar-refractivity contribution in [3.63, 3.8) is 0 Å². The Hall–Kier alpha value is -2.60. The van der Waals surface area contributed by atoms with Crippen molar-refractivity contribution in [3.05, 3.63) is 63.7 Å². The lowest BCUT2D eigenvalue weighted by molar-refractivity contribution is -0.384. The fourth-order valence-corrected chi connectivity index (χ4v) is 2.36. The molecule has 0 amide bonds. The molecule has 2 aromatic carbocycles. The molecule has 0 aliphatic rings. The minimum atomic E-state index is -0.393. The Bertz CT molecular complexity index is 671. The van der Waals surface area contributed by atoms with E-state index in [1.165, 1.54) is 12.1 Å². The predicted octanol–water partition coefficient (Wildman–Crippen LogP) is 3.24. The third kappa shape index (κ3) is 4.43. The van der Waals surface area contributed by atoms with E-state index >= 15 is 0 Å². The highest BCUT2D eigenvalue weighted by atomic mass is 16.6. The van der Waals surface area contributed by atoms with E-state index in [4.69, 9.17) is 9.47 Å². The quantitative estimate of drug-likeness (QED) is 0.579. The summed E-state index contributed by atoms with van der Waals surface area (Å²) >= 11 is 0. The highest BCUT2D eigenvalue weighted by Crippen LogP contribution is 2.26. The lowest BCUT2D eigenvalue weighted by atomic mass is 10.1. The van der Waals surface area contributed by atoms with Crippen LogP contribution in [0.25, 0.3) is 0 Å². The number of rotatable bonds is 7. The lowest BCUT2D eigenvalue weighted by Crippen LogP contribution is -2.17. The van der Waals surface area contributed by atoms with Crippen molar-refractivity contribution in [3.8, 4) is 11.5 Å². The van der Waals surface area contributed by atoms with E-state index in [1.54, 1.807) is 26.4 Å². The number of hydrogen-bond acceptors (Lipinski definition) is 5. The van der Waals surface area contributed by atoms with Crippen LogP contribution in [-0.4, -0.2) is 31.1 Å². The largest absolute Gasteiger partial charge is 0.497 e. The van der Waals surface area contributed by atoms with Crippen LogP contribution in [0.15, 0.2) is 42.5 Å². The first-order valence-corrected chi connectivity index (χ1v) is 7.16. The standard InChI is InChI=1S/C17H20N2O4/c1-18(11-13-4-7-15(8-5-13)19(20)21)12-14-6-9-16(22-2)10-17(14)23-3/h4-10H,11-12H2,1-3H3. The van der Waals surface area contributed by atoms with Gasteiger partial charge in [-0.15, -0.1) is 0 Å². The normalized spacial score (nSPS) is 10.6. The smallest absolute Gasteiger partial charge is 0.269 e. The molecule has 0 unspecified atom stereocenters. The summed E-state index contributed by atoms with van der Waals surface area (Å²) in [5.41, 5.74) is 2.18.